The maximum absolute atomic E-state index is 12.4. The molecular formula is C18H20N4O2. The number of nitrogens with one attached hydrogen (secondary N) is 1. The van der Waals surface area contributed by atoms with Gasteiger partial charge in [0.05, 0.1) is 0 Å². The molecule has 124 valence electrons. The van der Waals surface area contributed by atoms with Gasteiger partial charge >= 0.3 is 0 Å². The van der Waals surface area contributed by atoms with Crippen LogP contribution < -0.4 is 5.32 Å². The summed E-state index contributed by atoms with van der Waals surface area (Å²) < 4.78 is 0. The molecule has 0 spiro atoms. The molecule has 1 aliphatic heterocycles. The normalized spacial score (nSPS) is 14.3. The maximum Gasteiger partial charge on any atom is 0.274 e. The standard InChI is InChI=1S/C18H20N4O2/c1-13(23)14-6-5-7-15(12-14)19-17-9-8-16(20-21-17)18(24)22-10-3-2-4-11-22/h5-9,12H,2-4,10-11H2,1H3,(H,19,21). The van der Waals surface area contributed by atoms with E-state index < -0.39 is 0 Å². The van der Waals surface area contributed by atoms with Gasteiger partial charge in [-0.15, -0.1) is 10.2 Å². The summed E-state index contributed by atoms with van der Waals surface area (Å²) in [7, 11) is 0. The van der Waals surface area contributed by atoms with Crippen molar-refractivity contribution in [3.8, 4) is 0 Å². The van der Waals surface area contributed by atoms with Crippen LogP contribution in [-0.4, -0.2) is 39.9 Å². The predicted octanol–water partition coefficient (Wildman–Crippen LogP) is 3.05. The lowest BCUT2D eigenvalue weighted by Gasteiger charge is -2.26. The van der Waals surface area contributed by atoms with Crippen molar-refractivity contribution in [2.75, 3.05) is 18.4 Å². The molecule has 6 nitrogen and oxygen atoms in total. The summed E-state index contributed by atoms with van der Waals surface area (Å²) in [6.45, 7) is 3.11. The first-order valence-electron chi connectivity index (χ1n) is 8.14. The van der Waals surface area contributed by atoms with E-state index in [0.29, 0.717) is 17.1 Å². The Balaban J connectivity index is 1.69. The minimum absolute atomic E-state index is 0.00668. The van der Waals surface area contributed by atoms with E-state index in [1.807, 2.05) is 11.0 Å². The van der Waals surface area contributed by atoms with Crippen molar-refractivity contribution in [3.05, 3.63) is 47.7 Å². The first-order valence-corrected chi connectivity index (χ1v) is 8.14. The minimum atomic E-state index is -0.0627. The second-order valence-corrected chi connectivity index (χ2v) is 5.92. The molecule has 1 aromatic heterocycles. The van der Waals surface area contributed by atoms with E-state index in [2.05, 4.69) is 15.5 Å². The molecule has 1 N–H and O–H groups in total. The van der Waals surface area contributed by atoms with Crippen molar-refractivity contribution < 1.29 is 9.59 Å². The van der Waals surface area contributed by atoms with Crippen LogP contribution in [0.3, 0.4) is 0 Å². The van der Waals surface area contributed by atoms with Gasteiger partial charge in [-0.3, -0.25) is 9.59 Å². The number of likely N-dealkylation sites (tertiary alicyclic amines) is 1. The topological polar surface area (TPSA) is 75.2 Å². The van der Waals surface area contributed by atoms with E-state index in [0.717, 1.165) is 31.6 Å². The zero-order valence-electron chi connectivity index (χ0n) is 13.7. The molecule has 3 rings (SSSR count). The molecule has 0 bridgehead atoms. The average molecular weight is 324 g/mol. The molecule has 1 amide bonds. The van der Waals surface area contributed by atoms with Gasteiger partial charge in [0, 0.05) is 24.3 Å². The van der Waals surface area contributed by atoms with E-state index in [4.69, 9.17) is 0 Å². The van der Waals surface area contributed by atoms with Gasteiger partial charge in [-0.25, -0.2) is 0 Å². The Morgan fingerprint density at radius 2 is 1.83 bits per heavy atom. The Morgan fingerprint density at radius 1 is 1.04 bits per heavy atom. The van der Waals surface area contributed by atoms with Crippen molar-refractivity contribution in [3.63, 3.8) is 0 Å². The smallest absolute Gasteiger partial charge is 0.274 e. The zero-order valence-corrected chi connectivity index (χ0v) is 13.7. The van der Waals surface area contributed by atoms with E-state index in [-0.39, 0.29) is 11.7 Å². The Bertz CT molecular complexity index is 737. The first-order chi connectivity index (χ1) is 11.6. The van der Waals surface area contributed by atoms with Gasteiger partial charge < -0.3 is 10.2 Å². The molecule has 0 unspecified atom stereocenters. The molecule has 1 saturated heterocycles. The van der Waals surface area contributed by atoms with Gasteiger partial charge in [-0.2, -0.15) is 0 Å². The number of carbonyl (C=O) groups excluding carboxylic acids is 2. The summed E-state index contributed by atoms with van der Waals surface area (Å²) in [5.74, 6) is 0.477. The zero-order chi connectivity index (χ0) is 16.9. The highest BCUT2D eigenvalue weighted by atomic mass is 16.2. The van der Waals surface area contributed by atoms with Gasteiger partial charge in [0.2, 0.25) is 0 Å². The lowest BCUT2D eigenvalue weighted by molar-refractivity contribution is 0.0717. The molecular weight excluding hydrogens is 304 g/mol. The quantitative estimate of drug-likeness (QED) is 0.875. The van der Waals surface area contributed by atoms with Crippen molar-refractivity contribution >= 4 is 23.2 Å². The predicted molar refractivity (Wildman–Crippen MR) is 91.5 cm³/mol. The molecule has 0 saturated carbocycles. The Hall–Kier alpha value is -2.76. The third kappa shape index (κ3) is 3.76. The number of rotatable bonds is 4. The highest BCUT2D eigenvalue weighted by molar-refractivity contribution is 5.95. The second kappa shape index (κ2) is 7.21. The Morgan fingerprint density at radius 3 is 2.50 bits per heavy atom. The molecule has 6 heteroatoms. The number of aromatic nitrogens is 2. The molecule has 0 radical (unpaired) electrons. The van der Waals surface area contributed by atoms with Crippen LogP contribution in [0.4, 0.5) is 11.5 Å². The van der Waals surface area contributed by atoms with Gasteiger partial charge in [0.1, 0.15) is 0 Å². The van der Waals surface area contributed by atoms with Crippen molar-refractivity contribution in [1.82, 2.24) is 15.1 Å². The van der Waals surface area contributed by atoms with E-state index in [1.165, 1.54) is 13.3 Å². The molecule has 0 atom stereocenters. The van der Waals surface area contributed by atoms with Crippen LogP contribution in [-0.2, 0) is 0 Å². The minimum Gasteiger partial charge on any atom is -0.339 e. The number of benzene rings is 1. The Kier molecular flexibility index (Phi) is 4.84. The molecule has 0 aliphatic carbocycles. The molecule has 24 heavy (non-hydrogen) atoms. The highest BCUT2D eigenvalue weighted by Crippen LogP contribution is 2.17. The highest BCUT2D eigenvalue weighted by Gasteiger charge is 2.19. The molecule has 1 aliphatic rings. The van der Waals surface area contributed by atoms with Gasteiger partial charge in [0.15, 0.2) is 17.3 Å². The number of ketones is 1. The van der Waals surface area contributed by atoms with Crippen molar-refractivity contribution in [2.45, 2.75) is 26.2 Å². The average Bonchev–Trinajstić information content (AvgIpc) is 2.63. The number of hydrogen-bond donors (Lipinski definition) is 1. The number of hydrogen-bond acceptors (Lipinski definition) is 5. The summed E-state index contributed by atoms with van der Waals surface area (Å²) in [6, 6.07) is 10.6. The number of carbonyl (C=O) groups is 2. The number of anilines is 2. The van der Waals surface area contributed by atoms with Crippen LogP contribution in [0.15, 0.2) is 36.4 Å². The molecule has 2 aromatic rings. The van der Waals surface area contributed by atoms with Gasteiger partial charge in [0.25, 0.3) is 5.91 Å². The fourth-order valence-corrected chi connectivity index (χ4v) is 2.74. The van der Waals surface area contributed by atoms with Crippen LogP contribution in [0, 0.1) is 0 Å². The first kappa shape index (κ1) is 16.1. The largest absolute Gasteiger partial charge is 0.339 e. The van der Waals surface area contributed by atoms with Crippen molar-refractivity contribution in [1.29, 1.82) is 0 Å². The van der Waals surface area contributed by atoms with Crippen LogP contribution >= 0.6 is 0 Å². The molecule has 1 fully saturated rings. The number of Topliss-reactive ketones (excluding diaryl/α,β-unsaturated/α-hetero) is 1. The van der Waals surface area contributed by atoms with Gasteiger partial charge in [-0.1, -0.05) is 12.1 Å². The van der Waals surface area contributed by atoms with Crippen LogP contribution in [0.5, 0.6) is 0 Å². The summed E-state index contributed by atoms with van der Waals surface area (Å²) in [5, 5.41) is 11.2. The summed E-state index contributed by atoms with van der Waals surface area (Å²) in [5.41, 5.74) is 1.75. The number of piperidine rings is 1. The van der Waals surface area contributed by atoms with E-state index in [1.54, 1.807) is 30.3 Å². The summed E-state index contributed by atoms with van der Waals surface area (Å²) in [6.07, 6.45) is 3.27. The molecule has 1 aromatic carbocycles. The number of nitrogens with zero attached hydrogens (tertiary/aromatic N) is 3. The van der Waals surface area contributed by atoms with E-state index >= 15 is 0 Å². The lowest BCUT2D eigenvalue weighted by atomic mass is 10.1. The second-order valence-electron chi connectivity index (χ2n) is 5.92. The SMILES string of the molecule is CC(=O)c1cccc(Nc2ccc(C(=O)N3CCCCC3)nn2)c1. The van der Waals surface area contributed by atoms with Gasteiger partial charge in [-0.05, 0) is 50.5 Å². The van der Waals surface area contributed by atoms with Crippen LogP contribution in [0.1, 0.15) is 47.0 Å². The monoisotopic (exact) mass is 324 g/mol. The summed E-state index contributed by atoms with van der Waals surface area (Å²) >= 11 is 0. The molecule has 2 heterocycles. The summed E-state index contributed by atoms with van der Waals surface area (Å²) in [4.78, 5) is 25.6. The van der Waals surface area contributed by atoms with Crippen molar-refractivity contribution in [2.24, 2.45) is 0 Å². The fourth-order valence-electron chi connectivity index (χ4n) is 2.74. The number of amides is 1. The lowest BCUT2D eigenvalue weighted by Crippen LogP contribution is -2.36. The third-order valence-corrected chi connectivity index (χ3v) is 4.07. The Labute approximate surface area is 140 Å². The maximum atomic E-state index is 12.4. The van der Waals surface area contributed by atoms with Crippen LogP contribution in [0.2, 0.25) is 0 Å². The third-order valence-electron chi connectivity index (χ3n) is 4.07. The van der Waals surface area contributed by atoms with Crippen LogP contribution in [0.25, 0.3) is 0 Å². The van der Waals surface area contributed by atoms with E-state index in [9.17, 15) is 9.59 Å². The fraction of sp³-hybridized carbons (Fsp3) is 0.333.